The molecule has 0 aliphatic carbocycles. The minimum absolute atomic E-state index is 0.101. The Morgan fingerprint density at radius 1 is 1.12 bits per heavy atom. The van der Waals surface area contributed by atoms with Gasteiger partial charge in [0.2, 0.25) is 0 Å². The third-order valence-corrected chi connectivity index (χ3v) is 10.1. The summed E-state index contributed by atoms with van der Waals surface area (Å²) < 4.78 is 24.4. The van der Waals surface area contributed by atoms with E-state index in [9.17, 15) is 34.8 Å². The normalized spacial score (nSPS) is 42.2. The topological polar surface area (TPSA) is 220 Å². The maximum Gasteiger partial charge on any atom is 0.324 e. The van der Waals surface area contributed by atoms with Crippen LogP contribution in [-0.4, -0.2) is 137 Å². The fourth-order valence-electron chi connectivity index (χ4n) is 6.88. The van der Waals surface area contributed by atoms with Crippen LogP contribution in [-0.2, 0) is 38.2 Å². The van der Waals surface area contributed by atoms with Crippen LogP contribution < -0.4 is 5.73 Å². The number of Topliss-reactive ketones (excluding diaryl/α,β-unsaturated/α-hetero) is 1. The molecule has 6 N–H and O–H groups in total. The Bertz CT molecular complexity index is 1140. The second kappa shape index (κ2) is 17.1. The van der Waals surface area contributed by atoms with Crippen LogP contribution in [0.5, 0.6) is 0 Å². The van der Waals surface area contributed by atoms with E-state index >= 15 is 0 Å². The van der Waals surface area contributed by atoms with Crippen LogP contribution in [0.4, 0.5) is 0 Å². The molecule has 15 nitrogen and oxygen atoms in total. The predicted octanol–water partition coefficient (Wildman–Crippen LogP) is 0.938. The Hall–Kier alpha value is -2.24. The third-order valence-electron chi connectivity index (χ3n) is 10.1. The van der Waals surface area contributed by atoms with Crippen molar-refractivity contribution in [3.63, 3.8) is 0 Å². The summed E-state index contributed by atoms with van der Waals surface area (Å²) >= 11 is 0. The van der Waals surface area contributed by atoms with Crippen molar-refractivity contribution in [3.05, 3.63) is 0 Å². The van der Waals surface area contributed by atoms with Crippen molar-refractivity contribution in [1.29, 1.82) is 0 Å². The van der Waals surface area contributed by atoms with E-state index in [1.54, 1.807) is 34.6 Å². The molecular formula is C33H59N3O12. The van der Waals surface area contributed by atoms with Crippen LogP contribution in [0.2, 0.25) is 0 Å². The van der Waals surface area contributed by atoms with Gasteiger partial charge in [-0.3, -0.25) is 14.4 Å². The molecule has 2 aliphatic heterocycles. The van der Waals surface area contributed by atoms with Gasteiger partial charge in [-0.25, -0.2) is 0 Å². The first-order chi connectivity index (χ1) is 22.1. The van der Waals surface area contributed by atoms with Crippen LogP contribution >= 0.6 is 0 Å². The molecular weight excluding hydrogens is 630 g/mol. The highest BCUT2D eigenvalue weighted by atomic mass is 16.7. The number of aliphatic hydroxyl groups is 3. The molecule has 0 aromatic rings. The lowest BCUT2D eigenvalue weighted by atomic mass is 9.74. The lowest BCUT2D eigenvalue weighted by Gasteiger charge is -2.47. The minimum atomic E-state index is -2.00. The number of carboxylic acids is 1. The molecule has 0 bridgehead atoms. The number of rotatable bonds is 9. The molecule has 0 saturated carbocycles. The van der Waals surface area contributed by atoms with Crippen molar-refractivity contribution in [2.45, 2.75) is 135 Å². The number of oxime groups is 1. The number of carboxylic acid groups (broad SMARTS) is 1. The van der Waals surface area contributed by atoms with Crippen molar-refractivity contribution in [1.82, 2.24) is 4.90 Å². The number of nitrogens with zero attached hydrogens (tertiary/aromatic N) is 2. The fraction of sp³-hybridized carbons (Fsp3) is 0.879. The highest BCUT2D eigenvalue weighted by Gasteiger charge is 2.51. The number of cyclic esters (lactones) is 1. The summed E-state index contributed by atoms with van der Waals surface area (Å²) in [6.45, 7) is 12.5. The summed E-state index contributed by atoms with van der Waals surface area (Å²) in [5.74, 6) is -6.50. The maximum absolute atomic E-state index is 14.0. The van der Waals surface area contributed by atoms with Gasteiger partial charge in [-0.15, -0.1) is 0 Å². The second-order valence-corrected chi connectivity index (χ2v) is 14.2. The molecule has 278 valence electrons. The smallest absolute Gasteiger partial charge is 0.324 e. The zero-order chi connectivity index (χ0) is 36.9. The quantitative estimate of drug-likeness (QED) is 0.129. The van der Waals surface area contributed by atoms with Crippen LogP contribution in [0.15, 0.2) is 5.16 Å². The van der Waals surface area contributed by atoms with Gasteiger partial charge in [0.25, 0.3) is 0 Å². The maximum atomic E-state index is 14.0. The number of hydrogen-bond donors (Lipinski definition) is 5. The number of aliphatic hydroxyl groups excluding tert-OH is 2. The summed E-state index contributed by atoms with van der Waals surface area (Å²) in [6.07, 6.45) is -5.62. The van der Waals surface area contributed by atoms with Gasteiger partial charge < -0.3 is 54.8 Å². The summed E-state index contributed by atoms with van der Waals surface area (Å²) in [6, 6.07) is -1.68. The van der Waals surface area contributed by atoms with Gasteiger partial charge >= 0.3 is 11.9 Å². The molecule has 0 aromatic heterocycles. The zero-order valence-corrected chi connectivity index (χ0v) is 30.3. The first-order valence-corrected chi connectivity index (χ1v) is 16.7. The van der Waals surface area contributed by atoms with Crippen LogP contribution in [0, 0.1) is 23.7 Å². The van der Waals surface area contributed by atoms with Gasteiger partial charge in [0, 0.05) is 30.9 Å². The molecule has 48 heavy (non-hydrogen) atoms. The number of carbonyl (C=O) groups is 3. The number of esters is 1. The van der Waals surface area contributed by atoms with E-state index in [0.29, 0.717) is 6.42 Å². The Morgan fingerprint density at radius 2 is 1.73 bits per heavy atom. The summed E-state index contributed by atoms with van der Waals surface area (Å²) in [5.41, 5.74) is 2.54. The van der Waals surface area contributed by atoms with E-state index < -0.39 is 96.0 Å². The van der Waals surface area contributed by atoms with Gasteiger partial charge in [-0.1, -0.05) is 32.9 Å². The van der Waals surface area contributed by atoms with Crippen molar-refractivity contribution >= 4 is 23.4 Å². The minimum Gasteiger partial charge on any atom is -0.480 e. The molecule has 15 heteroatoms. The lowest BCUT2D eigenvalue weighted by molar-refractivity contribution is -0.295. The number of methoxy groups -OCH3 is 1. The molecule has 0 radical (unpaired) electrons. The van der Waals surface area contributed by atoms with Crippen LogP contribution in [0.25, 0.3) is 0 Å². The van der Waals surface area contributed by atoms with Gasteiger partial charge in [0.15, 0.2) is 12.1 Å². The van der Waals surface area contributed by atoms with Gasteiger partial charge in [0.05, 0.1) is 29.6 Å². The first-order valence-electron chi connectivity index (χ1n) is 16.7. The SMILES string of the molecule is CC[C@H]1OC(=O)[C@H](C)C(=O)[C@H](C)[C@@H](O[C@@H]2O[C@H](C)C[C@H](N(C)C)[C@H]2O)[C@](C)(OC)C[C@@H](C)/C(=N\OC[C@@H](N)C(=O)O)[C@H](C)[C@@H](O)[C@]1(C)O. The second-order valence-electron chi connectivity index (χ2n) is 14.2. The van der Waals surface area contributed by atoms with E-state index in [-0.39, 0.29) is 30.7 Å². The third kappa shape index (κ3) is 9.50. The Morgan fingerprint density at radius 3 is 2.25 bits per heavy atom. The molecule has 2 rings (SSSR count). The average molecular weight is 690 g/mol. The first kappa shape index (κ1) is 41.9. The fourth-order valence-corrected chi connectivity index (χ4v) is 6.88. The lowest BCUT2D eigenvalue weighted by Crippen LogP contribution is -2.60. The number of nitrogens with two attached hydrogens (primary N) is 1. The Labute approximate surface area is 284 Å². The number of ketones is 1. The molecule has 2 heterocycles. The number of ether oxygens (including phenoxy) is 4. The van der Waals surface area contributed by atoms with E-state index in [1.807, 2.05) is 25.9 Å². The predicted molar refractivity (Wildman–Crippen MR) is 175 cm³/mol. The summed E-state index contributed by atoms with van der Waals surface area (Å²) in [4.78, 5) is 46.0. The number of hydrogen-bond acceptors (Lipinski definition) is 14. The largest absolute Gasteiger partial charge is 0.480 e. The van der Waals surface area contributed by atoms with Crippen molar-refractivity contribution < 1.29 is 58.6 Å². The molecule has 14 atom stereocenters. The number of likely N-dealkylation sites (N-methyl/N-ethyl adjacent to an activating group) is 1. The van der Waals surface area contributed by atoms with Gasteiger partial charge in [-0.2, -0.15) is 0 Å². The number of aliphatic carboxylic acids is 1. The van der Waals surface area contributed by atoms with Crippen LogP contribution in [0.1, 0.15) is 74.7 Å². The zero-order valence-electron chi connectivity index (χ0n) is 30.3. The molecule has 0 unspecified atom stereocenters. The summed E-state index contributed by atoms with van der Waals surface area (Å²) in [5, 5.41) is 47.9. The van der Waals surface area contributed by atoms with E-state index in [2.05, 4.69) is 5.16 Å². The molecule has 2 fully saturated rings. The van der Waals surface area contributed by atoms with E-state index in [1.165, 1.54) is 21.0 Å². The number of carbonyl (C=O) groups excluding carboxylic acids is 2. The van der Waals surface area contributed by atoms with E-state index in [4.69, 9.17) is 29.5 Å². The Kier molecular flexibility index (Phi) is 15.0. The van der Waals surface area contributed by atoms with E-state index in [0.717, 1.165) is 0 Å². The highest BCUT2D eigenvalue weighted by Crippen LogP contribution is 2.38. The monoisotopic (exact) mass is 689 g/mol. The molecule has 0 amide bonds. The highest BCUT2D eigenvalue weighted by molar-refractivity contribution is 6.00. The van der Waals surface area contributed by atoms with Crippen LogP contribution in [0.3, 0.4) is 0 Å². The van der Waals surface area contributed by atoms with Crippen molar-refractivity contribution in [2.75, 3.05) is 27.8 Å². The van der Waals surface area contributed by atoms with Crippen molar-refractivity contribution in [3.8, 4) is 0 Å². The molecule has 0 spiro atoms. The van der Waals surface area contributed by atoms with Gasteiger partial charge in [0.1, 0.15) is 36.4 Å². The average Bonchev–Trinajstić information content (AvgIpc) is 3.02. The standard InChI is InChI=1S/C33H59N3O12/c1-12-23-33(8,43)27(39)18(4)24(35-45-15-21(34)29(40)41)16(2)14-32(7,44-11)28(19(5)25(37)20(6)30(42)47-23)48-31-26(38)22(36(9)10)13-17(3)46-31/h16-23,26-28,31,38-39,43H,12-15,34H2,1-11H3,(H,40,41)/b35-24+/t16-,17-,18+,19+,20-,21-,22+,23-,26-,27-,28-,31+,32-,33-/m1/s1. The Balaban J connectivity index is 2.73. The molecule has 2 aliphatic rings. The summed E-state index contributed by atoms with van der Waals surface area (Å²) in [7, 11) is 5.12. The molecule has 2 saturated heterocycles. The van der Waals surface area contributed by atoms with Crippen molar-refractivity contribution in [2.24, 2.45) is 34.6 Å². The van der Waals surface area contributed by atoms with Gasteiger partial charge in [-0.05, 0) is 61.1 Å². The molecule has 0 aromatic carbocycles.